The van der Waals surface area contributed by atoms with E-state index in [1.165, 1.54) is 19.3 Å². The highest BCUT2D eigenvalue weighted by molar-refractivity contribution is 5.57. The molecule has 0 aliphatic heterocycles. The topological polar surface area (TPSA) is 41.1 Å². The van der Waals surface area contributed by atoms with E-state index in [4.69, 9.17) is 0 Å². The number of hydrogen-bond donors (Lipinski definition) is 1. The highest BCUT2D eigenvalue weighted by Gasteiger charge is 2.20. The number of rotatable bonds is 4. The van der Waals surface area contributed by atoms with Gasteiger partial charge in [0.1, 0.15) is 18.0 Å². The fourth-order valence-corrected chi connectivity index (χ4v) is 2.23. The molecule has 4 nitrogen and oxygen atoms in total. The number of anilines is 2. The molecule has 1 heterocycles. The first kappa shape index (κ1) is 11.2. The maximum absolute atomic E-state index is 4.37. The second-order valence-corrected chi connectivity index (χ2v) is 4.60. The van der Waals surface area contributed by atoms with Gasteiger partial charge in [0.25, 0.3) is 0 Å². The molecule has 16 heavy (non-hydrogen) atoms. The lowest BCUT2D eigenvalue weighted by molar-refractivity contribution is 0.321. The van der Waals surface area contributed by atoms with Gasteiger partial charge in [0.2, 0.25) is 0 Å². The van der Waals surface area contributed by atoms with Crippen LogP contribution in [0.15, 0.2) is 6.33 Å². The third-order valence-corrected chi connectivity index (χ3v) is 3.41. The zero-order valence-corrected chi connectivity index (χ0v) is 10.3. The molecular weight excluding hydrogens is 200 g/mol. The molecule has 0 spiro atoms. The van der Waals surface area contributed by atoms with E-state index >= 15 is 0 Å². The average molecular weight is 220 g/mol. The van der Waals surface area contributed by atoms with Crippen LogP contribution in [0.1, 0.15) is 24.8 Å². The first-order valence-corrected chi connectivity index (χ1v) is 5.93. The summed E-state index contributed by atoms with van der Waals surface area (Å²) in [6.45, 7) is 3.18. The molecule has 1 aromatic heterocycles. The minimum Gasteiger partial charge on any atom is -0.373 e. The molecule has 1 aromatic rings. The van der Waals surface area contributed by atoms with Crippen LogP contribution in [0.25, 0.3) is 0 Å². The summed E-state index contributed by atoms with van der Waals surface area (Å²) in [7, 11) is 4.01. The molecule has 0 unspecified atom stereocenters. The molecular formula is C12H20N4. The normalized spacial score (nSPS) is 15.7. The summed E-state index contributed by atoms with van der Waals surface area (Å²) < 4.78 is 0. The lowest BCUT2D eigenvalue weighted by atomic mass is 9.85. The van der Waals surface area contributed by atoms with Gasteiger partial charge in [0, 0.05) is 26.2 Å². The van der Waals surface area contributed by atoms with Crippen molar-refractivity contribution in [1.29, 1.82) is 0 Å². The van der Waals surface area contributed by atoms with Crippen LogP contribution in [-0.4, -0.2) is 30.6 Å². The SMILES string of the molecule is CNc1ncnc(N(C)CC2CCC2)c1C. The van der Waals surface area contributed by atoms with E-state index in [2.05, 4.69) is 34.2 Å². The van der Waals surface area contributed by atoms with Crippen molar-refractivity contribution < 1.29 is 0 Å². The summed E-state index contributed by atoms with van der Waals surface area (Å²) in [5.41, 5.74) is 1.13. The molecule has 88 valence electrons. The highest BCUT2D eigenvalue weighted by Crippen LogP contribution is 2.29. The van der Waals surface area contributed by atoms with Gasteiger partial charge in [-0.1, -0.05) is 6.42 Å². The van der Waals surface area contributed by atoms with Crippen molar-refractivity contribution in [2.45, 2.75) is 26.2 Å². The standard InChI is InChI=1S/C12H20N4/c1-9-11(13-2)14-8-15-12(9)16(3)7-10-5-4-6-10/h8,10H,4-7H2,1-3H3,(H,13,14,15). The fraction of sp³-hybridized carbons (Fsp3) is 0.667. The molecule has 2 rings (SSSR count). The second kappa shape index (κ2) is 4.68. The van der Waals surface area contributed by atoms with E-state index < -0.39 is 0 Å². The van der Waals surface area contributed by atoms with Gasteiger partial charge in [0.15, 0.2) is 0 Å². The Hall–Kier alpha value is -1.32. The van der Waals surface area contributed by atoms with Crippen LogP contribution < -0.4 is 10.2 Å². The van der Waals surface area contributed by atoms with Gasteiger partial charge in [-0.3, -0.25) is 0 Å². The molecule has 0 amide bonds. The summed E-state index contributed by atoms with van der Waals surface area (Å²) in [5.74, 6) is 2.83. The molecule has 1 aliphatic rings. The Balaban J connectivity index is 2.11. The lowest BCUT2D eigenvalue weighted by Gasteiger charge is -2.31. The third-order valence-electron chi connectivity index (χ3n) is 3.41. The van der Waals surface area contributed by atoms with Crippen molar-refractivity contribution in [3.63, 3.8) is 0 Å². The van der Waals surface area contributed by atoms with Crippen LogP contribution in [0.4, 0.5) is 11.6 Å². The predicted octanol–water partition coefficient (Wildman–Crippen LogP) is 2.06. The first-order chi connectivity index (χ1) is 7.72. The van der Waals surface area contributed by atoms with E-state index in [0.29, 0.717) is 0 Å². The number of nitrogens with zero attached hydrogens (tertiary/aromatic N) is 3. The van der Waals surface area contributed by atoms with Crippen LogP contribution in [0.5, 0.6) is 0 Å². The molecule has 0 bridgehead atoms. The Morgan fingerprint density at radius 3 is 2.75 bits per heavy atom. The van der Waals surface area contributed by atoms with Gasteiger partial charge in [-0.2, -0.15) is 0 Å². The van der Waals surface area contributed by atoms with Gasteiger partial charge < -0.3 is 10.2 Å². The van der Waals surface area contributed by atoms with Crippen molar-refractivity contribution in [2.75, 3.05) is 30.9 Å². The zero-order valence-electron chi connectivity index (χ0n) is 10.3. The highest BCUT2D eigenvalue weighted by atomic mass is 15.2. The van der Waals surface area contributed by atoms with Gasteiger partial charge >= 0.3 is 0 Å². The van der Waals surface area contributed by atoms with E-state index in [1.807, 2.05) is 7.05 Å². The van der Waals surface area contributed by atoms with Crippen molar-refractivity contribution in [3.8, 4) is 0 Å². The Morgan fingerprint density at radius 2 is 2.19 bits per heavy atom. The maximum Gasteiger partial charge on any atom is 0.136 e. The third kappa shape index (κ3) is 2.10. The van der Waals surface area contributed by atoms with Crippen LogP contribution in [0, 0.1) is 12.8 Å². The van der Waals surface area contributed by atoms with E-state index in [1.54, 1.807) is 6.33 Å². The van der Waals surface area contributed by atoms with Crippen molar-refractivity contribution in [1.82, 2.24) is 9.97 Å². The molecule has 0 radical (unpaired) electrons. The molecule has 1 aliphatic carbocycles. The molecule has 1 N–H and O–H groups in total. The number of nitrogens with one attached hydrogen (secondary N) is 1. The van der Waals surface area contributed by atoms with Gasteiger partial charge in [-0.05, 0) is 25.7 Å². The average Bonchev–Trinajstić information content (AvgIpc) is 2.23. The van der Waals surface area contributed by atoms with Gasteiger partial charge in [0.05, 0.1) is 0 Å². The summed E-state index contributed by atoms with van der Waals surface area (Å²) in [5, 5.41) is 3.09. The fourth-order valence-electron chi connectivity index (χ4n) is 2.23. The Kier molecular flexibility index (Phi) is 3.27. The molecule has 0 aromatic carbocycles. The molecule has 0 saturated heterocycles. The van der Waals surface area contributed by atoms with Crippen LogP contribution in [-0.2, 0) is 0 Å². The summed E-state index contributed by atoms with van der Waals surface area (Å²) >= 11 is 0. The van der Waals surface area contributed by atoms with Gasteiger partial charge in [-0.15, -0.1) is 0 Å². The summed E-state index contributed by atoms with van der Waals surface area (Å²) in [6, 6.07) is 0. The quantitative estimate of drug-likeness (QED) is 0.843. The van der Waals surface area contributed by atoms with E-state index in [9.17, 15) is 0 Å². The molecule has 0 atom stereocenters. The summed E-state index contributed by atoms with van der Waals surface area (Å²) in [4.78, 5) is 10.8. The lowest BCUT2D eigenvalue weighted by Crippen LogP contribution is -2.30. The van der Waals surface area contributed by atoms with Crippen molar-refractivity contribution >= 4 is 11.6 Å². The Morgan fingerprint density at radius 1 is 1.44 bits per heavy atom. The monoisotopic (exact) mass is 220 g/mol. The van der Waals surface area contributed by atoms with Crippen LogP contribution in [0.3, 0.4) is 0 Å². The van der Waals surface area contributed by atoms with Crippen molar-refractivity contribution in [3.05, 3.63) is 11.9 Å². The van der Waals surface area contributed by atoms with Crippen molar-refractivity contribution in [2.24, 2.45) is 5.92 Å². The number of hydrogen-bond acceptors (Lipinski definition) is 4. The Labute approximate surface area is 97.1 Å². The Bertz CT molecular complexity index is 360. The largest absolute Gasteiger partial charge is 0.373 e. The minimum atomic E-state index is 0.859. The molecule has 4 heteroatoms. The summed E-state index contributed by atoms with van der Waals surface area (Å²) in [6.07, 6.45) is 5.76. The van der Waals surface area contributed by atoms with E-state index in [0.717, 1.165) is 29.7 Å². The predicted molar refractivity (Wildman–Crippen MR) is 66.9 cm³/mol. The van der Waals surface area contributed by atoms with Crippen LogP contribution >= 0.6 is 0 Å². The zero-order chi connectivity index (χ0) is 11.5. The first-order valence-electron chi connectivity index (χ1n) is 5.93. The van der Waals surface area contributed by atoms with Gasteiger partial charge in [-0.25, -0.2) is 9.97 Å². The number of aromatic nitrogens is 2. The molecule has 1 fully saturated rings. The molecule has 1 saturated carbocycles. The smallest absolute Gasteiger partial charge is 0.136 e. The second-order valence-electron chi connectivity index (χ2n) is 4.60. The van der Waals surface area contributed by atoms with E-state index in [-0.39, 0.29) is 0 Å². The maximum atomic E-state index is 4.37. The van der Waals surface area contributed by atoms with Crippen LogP contribution in [0.2, 0.25) is 0 Å². The minimum absolute atomic E-state index is 0.859.